The van der Waals surface area contributed by atoms with Gasteiger partial charge in [0.25, 0.3) is 0 Å². The van der Waals surface area contributed by atoms with Crippen LogP contribution in [0.2, 0.25) is 0 Å². The van der Waals surface area contributed by atoms with Gasteiger partial charge in [0.1, 0.15) is 71.8 Å². The molecule has 0 aromatic heterocycles. The molecule has 0 saturated carbocycles. The van der Waals surface area contributed by atoms with E-state index in [0.717, 1.165) is 44.5 Å². The molecule has 118 heavy (non-hydrogen) atoms. The van der Waals surface area contributed by atoms with Crippen LogP contribution in [0.15, 0.2) is 272 Å². The van der Waals surface area contributed by atoms with Gasteiger partial charge in [-0.2, -0.15) is 0 Å². The zero-order valence-electron chi connectivity index (χ0n) is 69.6. The summed E-state index contributed by atoms with van der Waals surface area (Å²) in [5.74, 6) is -2.17. The van der Waals surface area contributed by atoms with Gasteiger partial charge < -0.3 is 71.1 Å². The van der Waals surface area contributed by atoms with E-state index in [9.17, 15) is 9.18 Å². The van der Waals surface area contributed by atoms with E-state index in [2.05, 4.69) is 45.0 Å². The van der Waals surface area contributed by atoms with Crippen molar-refractivity contribution in [3.8, 4) is 0 Å². The lowest BCUT2D eigenvalue weighted by Gasteiger charge is -2.50. The number of hydrogen-bond acceptors (Lipinski definition) is 19. The smallest absolute Gasteiger partial charge is 0.311 e. The Bertz CT molecular complexity index is 4470. The predicted octanol–water partition coefficient (Wildman–Crippen LogP) is 18.5. The van der Waals surface area contributed by atoms with Gasteiger partial charge in [-0.05, 0) is 137 Å². The molecule has 0 amide bonds. The summed E-state index contributed by atoms with van der Waals surface area (Å²) in [4.78, 5) is 45.2. The van der Waals surface area contributed by atoms with Crippen molar-refractivity contribution < 1.29 is 89.8 Å². The van der Waals surface area contributed by atoms with Crippen LogP contribution >= 0.6 is 11.8 Å². The Kier molecular flexibility index (Phi) is 30.7. The minimum atomic E-state index is -1.55. The number of carbonyl (C=O) groups is 3. The van der Waals surface area contributed by atoms with E-state index >= 15 is 9.59 Å². The van der Waals surface area contributed by atoms with Gasteiger partial charge in [-0.15, -0.1) is 0 Å². The van der Waals surface area contributed by atoms with E-state index < -0.39 is 149 Å². The molecule has 3 aliphatic heterocycles. The van der Waals surface area contributed by atoms with Crippen molar-refractivity contribution in [1.29, 1.82) is 0 Å². The molecule has 0 spiro atoms. The van der Waals surface area contributed by atoms with Crippen LogP contribution in [0.4, 0.5) is 4.39 Å². The summed E-state index contributed by atoms with van der Waals surface area (Å²) in [5.41, 5.74) is 0.763. The molecule has 3 fully saturated rings. The molecule has 3 aliphatic rings. The Morgan fingerprint density at radius 3 is 0.864 bits per heavy atom. The maximum Gasteiger partial charge on any atom is 0.311 e. The third-order valence-electron chi connectivity index (χ3n) is 20.8. The first-order valence-corrected chi connectivity index (χ1v) is 41.5. The molecule has 9 aromatic rings. The van der Waals surface area contributed by atoms with E-state index in [1.165, 1.54) is 23.9 Å². The van der Waals surface area contributed by atoms with Gasteiger partial charge >= 0.3 is 17.9 Å². The highest BCUT2D eigenvalue weighted by Gasteiger charge is 2.58. The Morgan fingerprint density at radius 2 is 0.568 bits per heavy atom. The standard InChI is InChI=1S/C98H113FO18S/c1-94(2,3)91(100)115-85-82(106-60-69-43-27-16-28-44-69)79(103-57-66-37-21-13-22-38-66)76(112-88(85)110-64-77-80(104-58-67-39-23-14-24-40-67)84(108-62-71-47-31-18-32-48-71)87(117-93(102)96(7,8)9)90(114-77)118-75-55-53-74(99)54-56-75)63-109-89-86(116-92(101)95(4,5)6)83(107-61-70-45-29-17-30-46-70)81(105-59-68-41-25-15-26-42-68)78(113-89)65-111-98(97(10,11)12,72-49-33-19-34-50-72)73-51-35-20-36-52-73/h13-56,76-90H,57-65H2,1-12H3/t76-,77-,78-,79-,80-,81-,82+,83+,84+,85-,86-,87-,88-,89-,90+/m1/s1. The van der Waals surface area contributed by atoms with Crippen LogP contribution in [-0.2, 0) is 131 Å². The first-order chi connectivity index (χ1) is 56.7. The summed E-state index contributed by atoms with van der Waals surface area (Å²) in [7, 11) is 0. The van der Waals surface area contributed by atoms with Gasteiger partial charge in [-0.25, -0.2) is 4.39 Å². The third-order valence-corrected chi connectivity index (χ3v) is 22.0. The van der Waals surface area contributed by atoms with E-state index in [4.69, 9.17) is 71.1 Å². The van der Waals surface area contributed by atoms with Crippen LogP contribution in [0.5, 0.6) is 0 Å². The Balaban J connectivity index is 0.992. The number of carbonyl (C=O) groups excluding carboxylic acids is 3. The van der Waals surface area contributed by atoms with Crippen molar-refractivity contribution in [2.75, 3.05) is 19.8 Å². The molecule has 0 unspecified atom stereocenters. The Labute approximate surface area is 698 Å². The van der Waals surface area contributed by atoms with Crippen molar-refractivity contribution in [3.05, 3.63) is 317 Å². The molecule has 0 N–H and O–H groups in total. The van der Waals surface area contributed by atoms with E-state index in [1.807, 2.05) is 218 Å². The maximum absolute atomic E-state index is 15.1. The molecule has 0 aliphatic carbocycles. The van der Waals surface area contributed by atoms with Gasteiger partial charge in [0.05, 0.1) is 75.7 Å². The van der Waals surface area contributed by atoms with Crippen LogP contribution in [0.25, 0.3) is 0 Å². The first kappa shape index (κ1) is 88.5. The zero-order valence-corrected chi connectivity index (χ0v) is 70.4. The fraction of sp³-hybridized carbons (Fsp3) is 0.418. The van der Waals surface area contributed by atoms with Gasteiger partial charge in [0.2, 0.25) is 0 Å². The van der Waals surface area contributed by atoms with Crippen molar-refractivity contribution in [1.82, 2.24) is 0 Å². The zero-order chi connectivity index (χ0) is 83.5. The number of ether oxygens (including phenoxy) is 15. The second kappa shape index (κ2) is 41.0. The van der Waals surface area contributed by atoms with Crippen LogP contribution in [0, 0.1) is 27.5 Å². The van der Waals surface area contributed by atoms with E-state index in [1.54, 1.807) is 74.4 Å². The first-order valence-electron chi connectivity index (χ1n) is 40.6. The van der Waals surface area contributed by atoms with E-state index in [0.29, 0.717) is 4.90 Å². The minimum absolute atomic E-state index is 0.00975. The normalized spacial score (nSPS) is 23.9. The Morgan fingerprint density at radius 1 is 0.305 bits per heavy atom. The monoisotopic (exact) mass is 1630 g/mol. The molecule has 626 valence electrons. The number of esters is 3. The van der Waals surface area contributed by atoms with Crippen molar-refractivity contribution in [3.63, 3.8) is 0 Å². The molecule has 3 heterocycles. The number of thioether (sulfide) groups is 1. The number of hydrogen-bond donors (Lipinski definition) is 0. The quantitative estimate of drug-likeness (QED) is 0.0273. The van der Waals surface area contributed by atoms with Crippen LogP contribution in [-0.4, -0.2) is 129 Å². The summed E-state index contributed by atoms with van der Waals surface area (Å²) < 4.78 is 123. The molecule has 15 atom stereocenters. The molecular formula is C98H113FO18S. The highest BCUT2D eigenvalue weighted by Crippen LogP contribution is 2.49. The van der Waals surface area contributed by atoms with Crippen LogP contribution in [0.1, 0.15) is 128 Å². The molecule has 20 heteroatoms. The summed E-state index contributed by atoms with van der Waals surface area (Å²) in [6.45, 7) is 21.7. The highest BCUT2D eigenvalue weighted by molar-refractivity contribution is 7.99. The SMILES string of the molecule is CC(C)(C)C(=O)O[C@@H]1[C@@H](OCc2ccccc2)[C@H](OCc2ccccc2)[C@@H](CO[C@@H]2O[C@H](CO[C@@H]3O[C@H](COC(c4ccccc4)(c4ccccc4)C(C)(C)C)[C@@H](OCc4ccccc4)[C@H](OCc4ccccc4)[C@H]3OC(=O)C(C)(C)C)[C@@H](OCc3ccccc3)[C@H](OCc3ccccc3)[C@H]2OC(=O)C(C)(C)C)O[C@H]1Sc1ccc(F)cc1. The summed E-state index contributed by atoms with van der Waals surface area (Å²) in [5, 5.41) is 0. The summed E-state index contributed by atoms with van der Waals surface area (Å²) in [6.07, 6.45) is -17.1. The maximum atomic E-state index is 15.1. The predicted molar refractivity (Wildman–Crippen MR) is 447 cm³/mol. The third kappa shape index (κ3) is 23.6. The van der Waals surface area contributed by atoms with Gasteiger partial charge in [-0.1, -0.05) is 275 Å². The Hall–Kier alpha value is -8.81. The topological polar surface area (TPSA) is 190 Å². The molecule has 9 aromatic carbocycles. The summed E-state index contributed by atoms with van der Waals surface area (Å²) in [6, 6.07) is 84.1. The molecule has 3 saturated heterocycles. The highest BCUT2D eigenvalue weighted by atomic mass is 32.2. The van der Waals surface area contributed by atoms with Crippen molar-refractivity contribution in [2.24, 2.45) is 21.7 Å². The lowest BCUT2D eigenvalue weighted by atomic mass is 9.68. The number of halogens is 1. The van der Waals surface area contributed by atoms with Gasteiger partial charge in [-0.3, -0.25) is 14.4 Å². The molecular weight excluding hydrogens is 1520 g/mol. The molecule has 12 rings (SSSR count). The van der Waals surface area contributed by atoms with Gasteiger partial charge in [0, 0.05) is 4.90 Å². The molecule has 0 radical (unpaired) electrons. The van der Waals surface area contributed by atoms with Crippen molar-refractivity contribution >= 4 is 29.7 Å². The number of benzene rings is 9. The fourth-order valence-electron chi connectivity index (χ4n) is 14.4. The molecule has 18 nitrogen and oxygen atoms in total. The summed E-state index contributed by atoms with van der Waals surface area (Å²) >= 11 is 1.21. The van der Waals surface area contributed by atoms with Gasteiger partial charge in [0.15, 0.2) is 30.9 Å². The largest absolute Gasteiger partial charge is 0.455 e. The average molecular weight is 1630 g/mol. The second-order valence-electron chi connectivity index (χ2n) is 34.3. The second-order valence-corrected chi connectivity index (χ2v) is 35.4. The van der Waals surface area contributed by atoms with E-state index in [-0.39, 0.29) is 52.9 Å². The minimum Gasteiger partial charge on any atom is -0.455 e. The van der Waals surface area contributed by atoms with Crippen molar-refractivity contribution in [2.45, 2.75) is 224 Å². The van der Waals surface area contributed by atoms with Crippen LogP contribution in [0.3, 0.4) is 0 Å². The lowest BCUT2D eigenvalue weighted by molar-refractivity contribution is -0.352. The fourth-order valence-corrected chi connectivity index (χ4v) is 15.6. The number of rotatable bonds is 34. The average Bonchev–Trinajstić information content (AvgIpc) is 0.744. The lowest BCUT2D eigenvalue weighted by Crippen LogP contribution is -2.65. The van der Waals surface area contributed by atoms with Crippen LogP contribution < -0.4 is 0 Å². The molecule has 0 bridgehead atoms.